The second kappa shape index (κ2) is 5.74. The molecule has 4 heteroatoms. The summed E-state index contributed by atoms with van der Waals surface area (Å²) >= 11 is 0. The lowest BCUT2D eigenvalue weighted by Gasteiger charge is -2.26. The van der Waals surface area contributed by atoms with Gasteiger partial charge in [-0.15, -0.1) is 0 Å². The maximum Gasteiger partial charge on any atom is 0.101 e. The van der Waals surface area contributed by atoms with Gasteiger partial charge in [-0.25, -0.2) is 0 Å². The number of anilines is 2. The van der Waals surface area contributed by atoms with Gasteiger partial charge in [0.1, 0.15) is 6.07 Å². The van der Waals surface area contributed by atoms with E-state index in [4.69, 9.17) is 11.0 Å². The van der Waals surface area contributed by atoms with Crippen LogP contribution in [0.3, 0.4) is 0 Å². The molecular weight excluding hydrogens is 226 g/mol. The number of hydrogen-bond donors (Lipinski definition) is 3. The van der Waals surface area contributed by atoms with E-state index in [0.29, 0.717) is 17.2 Å². The van der Waals surface area contributed by atoms with Crippen LogP contribution in [0.5, 0.6) is 0 Å². The van der Waals surface area contributed by atoms with Crippen molar-refractivity contribution in [3.8, 4) is 6.07 Å². The third kappa shape index (κ3) is 3.14. The summed E-state index contributed by atoms with van der Waals surface area (Å²) in [5.41, 5.74) is 7.60. The van der Waals surface area contributed by atoms with Crippen molar-refractivity contribution >= 4 is 11.4 Å². The van der Waals surface area contributed by atoms with Crippen LogP contribution >= 0.6 is 0 Å². The summed E-state index contributed by atoms with van der Waals surface area (Å²) in [7, 11) is 0. The fraction of sp³-hybridized carbons (Fsp3) is 0.500. The molecule has 1 fully saturated rings. The Labute approximate surface area is 107 Å². The van der Waals surface area contributed by atoms with E-state index >= 15 is 0 Å². The van der Waals surface area contributed by atoms with Gasteiger partial charge in [0.15, 0.2) is 0 Å². The maximum absolute atomic E-state index is 9.61. The van der Waals surface area contributed by atoms with Gasteiger partial charge >= 0.3 is 0 Å². The van der Waals surface area contributed by atoms with E-state index in [2.05, 4.69) is 11.4 Å². The Balaban J connectivity index is 1.92. The minimum Gasteiger partial charge on any atom is -0.398 e. The van der Waals surface area contributed by atoms with Gasteiger partial charge in [0, 0.05) is 17.9 Å². The van der Waals surface area contributed by atoms with Crippen molar-refractivity contribution in [1.29, 1.82) is 5.26 Å². The van der Waals surface area contributed by atoms with Gasteiger partial charge in [-0.2, -0.15) is 5.26 Å². The van der Waals surface area contributed by atoms with Gasteiger partial charge in [0.25, 0.3) is 0 Å². The topological polar surface area (TPSA) is 82.1 Å². The fourth-order valence-corrected chi connectivity index (χ4v) is 2.47. The van der Waals surface area contributed by atoms with Crippen LogP contribution in [-0.4, -0.2) is 17.8 Å². The number of aliphatic hydroxyl groups is 1. The number of aliphatic hydroxyl groups excluding tert-OH is 1. The molecule has 0 aliphatic heterocycles. The van der Waals surface area contributed by atoms with E-state index in [1.807, 2.05) is 6.07 Å². The van der Waals surface area contributed by atoms with Gasteiger partial charge in [0.05, 0.1) is 11.7 Å². The summed E-state index contributed by atoms with van der Waals surface area (Å²) in [6.45, 7) is 0.839. The third-order valence-corrected chi connectivity index (χ3v) is 3.52. The summed E-state index contributed by atoms with van der Waals surface area (Å²) < 4.78 is 0. The van der Waals surface area contributed by atoms with Crippen LogP contribution in [-0.2, 0) is 0 Å². The zero-order valence-corrected chi connectivity index (χ0v) is 10.4. The molecule has 0 saturated heterocycles. The molecule has 0 spiro atoms. The summed E-state index contributed by atoms with van der Waals surface area (Å²) in [5, 5.41) is 21.8. The normalized spacial score (nSPS) is 23.3. The average Bonchev–Trinajstić information content (AvgIpc) is 2.38. The van der Waals surface area contributed by atoms with E-state index < -0.39 is 0 Å². The van der Waals surface area contributed by atoms with E-state index in [1.54, 1.807) is 12.1 Å². The number of rotatable bonds is 3. The quantitative estimate of drug-likeness (QED) is 0.712. The summed E-state index contributed by atoms with van der Waals surface area (Å²) in [6.07, 6.45) is 3.90. The highest BCUT2D eigenvalue weighted by atomic mass is 16.3. The van der Waals surface area contributed by atoms with Crippen molar-refractivity contribution in [3.05, 3.63) is 23.8 Å². The predicted octanol–water partition coefficient (Wildman–Crippen LogP) is 2.10. The number of nitrogen functional groups attached to an aromatic ring is 1. The molecule has 1 aliphatic carbocycles. The minimum absolute atomic E-state index is 0.147. The van der Waals surface area contributed by atoms with Gasteiger partial charge in [0.2, 0.25) is 0 Å². The second-order valence-corrected chi connectivity index (χ2v) is 4.98. The van der Waals surface area contributed by atoms with Crippen LogP contribution in [0.15, 0.2) is 18.2 Å². The first-order valence-corrected chi connectivity index (χ1v) is 6.40. The van der Waals surface area contributed by atoms with Crippen LogP contribution < -0.4 is 11.1 Å². The molecule has 0 aromatic heterocycles. The Morgan fingerprint density at radius 3 is 3.00 bits per heavy atom. The smallest absolute Gasteiger partial charge is 0.101 e. The monoisotopic (exact) mass is 245 g/mol. The Bertz CT molecular complexity index is 453. The molecule has 4 nitrogen and oxygen atoms in total. The summed E-state index contributed by atoms with van der Waals surface area (Å²) in [4.78, 5) is 0. The van der Waals surface area contributed by atoms with Crippen molar-refractivity contribution in [2.24, 2.45) is 5.92 Å². The number of hydrogen-bond acceptors (Lipinski definition) is 4. The highest BCUT2D eigenvalue weighted by Gasteiger charge is 2.19. The van der Waals surface area contributed by atoms with Crippen LogP contribution in [0, 0.1) is 17.2 Å². The van der Waals surface area contributed by atoms with Gasteiger partial charge in [-0.1, -0.05) is 6.42 Å². The van der Waals surface area contributed by atoms with Crippen molar-refractivity contribution in [2.45, 2.75) is 31.8 Å². The van der Waals surface area contributed by atoms with Crippen molar-refractivity contribution < 1.29 is 5.11 Å². The Morgan fingerprint density at radius 1 is 1.44 bits per heavy atom. The predicted molar refractivity (Wildman–Crippen MR) is 72.0 cm³/mol. The van der Waals surface area contributed by atoms with E-state index in [-0.39, 0.29) is 6.10 Å². The molecule has 2 atom stereocenters. The summed E-state index contributed by atoms with van der Waals surface area (Å²) in [6, 6.07) is 7.48. The van der Waals surface area contributed by atoms with Crippen LogP contribution in [0.2, 0.25) is 0 Å². The first-order valence-electron chi connectivity index (χ1n) is 6.40. The SMILES string of the molecule is N#Cc1cc(NCC2CCCC(O)C2)ccc1N. The van der Waals surface area contributed by atoms with Crippen LogP contribution in [0.25, 0.3) is 0 Å². The molecule has 0 radical (unpaired) electrons. The molecule has 0 heterocycles. The molecule has 1 aliphatic rings. The van der Waals surface area contributed by atoms with Crippen molar-refractivity contribution in [1.82, 2.24) is 0 Å². The molecule has 2 rings (SSSR count). The number of benzene rings is 1. The van der Waals surface area contributed by atoms with E-state index in [0.717, 1.165) is 37.9 Å². The van der Waals surface area contributed by atoms with Gasteiger partial charge in [-0.3, -0.25) is 0 Å². The largest absolute Gasteiger partial charge is 0.398 e. The lowest BCUT2D eigenvalue weighted by Crippen LogP contribution is -2.25. The van der Waals surface area contributed by atoms with Gasteiger partial charge in [-0.05, 0) is 43.4 Å². The Morgan fingerprint density at radius 2 is 2.28 bits per heavy atom. The second-order valence-electron chi connectivity index (χ2n) is 4.98. The molecule has 18 heavy (non-hydrogen) atoms. The first-order chi connectivity index (χ1) is 8.69. The van der Waals surface area contributed by atoms with Crippen LogP contribution in [0.4, 0.5) is 11.4 Å². The molecule has 1 aromatic carbocycles. The lowest BCUT2D eigenvalue weighted by molar-refractivity contribution is 0.105. The number of nitrogens with one attached hydrogen (secondary N) is 1. The minimum atomic E-state index is -0.147. The first kappa shape index (κ1) is 12.7. The van der Waals surface area contributed by atoms with Crippen molar-refractivity contribution in [3.63, 3.8) is 0 Å². The fourth-order valence-electron chi connectivity index (χ4n) is 2.47. The molecule has 0 bridgehead atoms. The maximum atomic E-state index is 9.61. The molecule has 2 unspecified atom stereocenters. The molecule has 4 N–H and O–H groups in total. The number of nitriles is 1. The number of nitrogens with zero attached hydrogens (tertiary/aromatic N) is 1. The third-order valence-electron chi connectivity index (χ3n) is 3.52. The molecule has 1 saturated carbocycles. The highest BCUT2D eigenvalue weighted by molar-refractivity contribution is 5.61. The zero-order valence-electron chi connectivity index (χ0n) is 10.4. The highest BCUT2D eigenvalue weighted by Crippen LogP contribution is 2.25. The average molecular weight is 245 g/mol. The van der Waals surface area contributed by atoms with Crippen LogP contribution in [0.1, 0.15) is 31.2 Å². The van der Waals surface area contributed by atoms with E-state index in [9.17, 15) is 5.11 Å². The Hall–Kier alpha value is -1.73. The molecule has 96 valence electrons. The lowest BCUT2D eigenvalue weighted by atomic mass is 9.87. The summed E-state index contributed by atoms with van der Waals surface area (Å²) in [5.74, 6) is 0.511. The van der Waals surface area contributed by atoms with Crippen molar-refractivity contribution in [2.75, 3.05) is 17.6 Å². The molecule has 0 amide bonds. The molecular formula is C14H19N3O. The number of nitrogens with two attached hydrogens (primary N) is 1. The zero-order chi connectivity index (χ0) is 13.0. The Kier molecular flexibility index (Phi) is 4.06. The van der Waals surface area contributed by atoms with E-state index in [1.165, 1.54) is 0 Å². The van der Waals surface area contributed by atoms with Gasteiger partial charge < -0.3 is 16.2 Å². The standard InChI is InChI=1S/C14H19N3O/c15-8-11-7-12(4-5-14(11)16)17-9-10-2-1-3-13(18)6-10/h4-5,7,10,13,17-18H,1-3,6,9,16H2. The molecule has 1 aromatic rings.